The first-order valence-electron chi connectivity index (χ1n) is 10.5. The highest BCUT2D eigenvalue weighted by Crippen LogP contribution is 2.29. The molecule has 7 nitrogen and oxygen atoms in total. The maximum Gasteiger partial charge on any atom is 0.407 e. The lowest BCUT2D eigenvalue weighted by atomic mass is 9.86. The van der Waals surface area contributed by atoms with Gasteiger partial charge in [0.1, 0.15) is 12.0 Å². The van der Waals surface area contributed by atoms with Crippen molar-refractivity contribution in [3.8, 4) is 0 Å². The molecule has 0 saturated heterocycles. The number of nitrogens with zero attached hydrogens (tertiary/aromatic N) is 3. The number of aliphatic imine (C=N–C) groups is 1. The molecule has 1 aromatic rings. The molecule has 1 aromatic heterocycles. The van der Waals surface area contributed by atoms with Crippen molar-refractivity contribution in [2.75, 3.05) is 11.6 Å². The molecule has 0 radical (unpaired) electrons. The summed E-state index contributed by atoms with van der Waals surface area (Å²) in [5.41, 5.74) is 0.985. The van der Waals surface area contributed by atoms with Gasteiger partial charge in [0.05, 0.1) is 29.2 Å². The van der Waals surface area contributed by atoms with Gasteiger partial charge in [-0.1, -0.05) is 13.8 Å². The maximum atomic E-state index is 11.8. The Morgan fingerprint density at radius 1 is 1.14 bits per heavy atom. The third-order valence-electron chi connectivity index (χ3n) is 4.89. The van der Waals surface area contributed by atoms with Crippen LogP contribution in [-0.4, -0.2) is 45.7 Å². The molecular weight excluding hydrogens is 386 g/mol. The van der Waals surface area contributed by atoms with Gasteiger partial charge in [-0.2, -0.15) is 0 Å². The van der Waals surface area contributed by atoms with E-state index in [2.05, 4.69) is 40.7 Å². The lowest BCUT2D eigenvalue weighted by Gasteiger charge is -2.29. The zero-order chi connectivity index (χ0) is 21.4. The smallest absolute Gasteiger partial charge is 0.407 e. The first kappa shape index (κ1) is 23.4. The Hall–Kier alpha value is -1.83. The molecule has 2 rings (SSSR count). The minimum atomic E-state index is -0.315. The van der Waals surface area contributed by atoms with Gasteiger partial charge in [-0.3, -0.25) is 9.98 Å². The zero-order valence-corrected chi connectivity index (χ0v) is 19.3. The number of ether oxygens (including phenoxy) is 1. The first-order chi connectivity index (χ1) is 13.8. The van der Waals surface area contributed by atoms with Crippen LogP contribution in [0.1, 0.15) is 71.9 Å². The predicted octanol–water partition coefficient (Wildman–Crippen LogP) is 4.81. The molecule has 0 aliphatic heterocycles. The fourth-order valence-electron chi connectivity index (χ4n) is 3.37. The van der Waals surface area contributed by atoms with E-state index in [1.807, 2.05) is 27.0 Å². The Morgan fingerprint density at radius 3 is 2.34 bits per heavy atom. The summed E-state index contributed by atoms with van der Waals surface area (Å²) in [7, 11) is 0. The Bertz CT molecular complexity index is 670. The molecule has 2 N–H and O–H groups in total. The van der Waals surface area contributed by atoms with Crippen molar-refractivity contribution < 1.29 is 9.53 Å². The molecule has 0 aromatic carbocycles. The van der Waals surface area contributed by atoms with Gasteiger partial charge >= 0.3 is 6.09 Å². The lowest BCUT2D eigenvalue weighted by Crippen LogP contribution is -2.39. The van der Waals surface area contributed by atoms with Crippen molar-refractivity contribution >= 4 is 28.7 Å². The van der Waals surface area contributed by atoms with E-state index in [4.69, 9.17) is 9.73 Å². The van der Waals surface area contributed by atoms with E-state index in [0.29, 0.717) is 11.8 Å². The highest BCUT2D eigenvalue weighted by atomic mass is 32.2. The molecule has 0 bridgehead atoms. The molecule has 1 aliphatic rings. The van der Waals surface area contributed by atoms with Crippen LogP contribution in [0.2, 0.25) is 0 Å². The number of rotatable bonds is 7. The molecule has 1 saturated carbocycles. The highest BCUT2D eigenvalue weighted by Gasteiger charge is 2.26. The normalized spacial score (nSPS) is 21.2. The average Bonchev–Trinajstić information content (AvgIpc) is 2.66. The van der Waals surface area contributed by atoms with Crippen LogP contribution in [-0.2, 0) is 4.74 Å². The van der Waals surface area contributed by atoms with E-state index in [1.54, 1.807) is 18.0 Å². The molecule has 1 heterocycles. The van der Waals surface area contributed by atoms with Crippen LogP contribution < -0.4 is 10.6 Å². The minimum absolute atomic E-state index is 0.0754. The fraction of sp³-hybridized carbons (Fsp3) is 0.714. The summed E-state index contributed by atoms with van der Waals surface area (Å²) in [5, 5.41) is 7.45. The number of carbonyl (C=O) groups excluding carboxylic acids is 1. The molecule has 8 heteroatoms. The standard InChI is InChI=1S/C21H35N5O2S/c1-13(2)18-11-23-19(12-22-18)24-15(5)25-20(29-6)16-7-9-17(10-8-16)26-21(27)28-14(3)4/h11-17H,7-10H2,1-6H3,(H,23,24)(H,26,27). The maximum absolute atomic E-state index is 11.8. The number of aromatic nitrogens is 2. The second-order valence-corrected chi connectivity index (χ2v) is 8.95. The number of thioether (sulfide) groups is 1. The van der Waals surface area contributed by atoms with Crippen LogP contribution in [0, 0.1) is 5.92 Å². The van der Waals surface area contributed by atoms with E-state index < -0.39 is 0 Å². The lowest BCUT2D eigenvalue weighted by molar-refractivity contribution is 0.109. The largest absolute Gasteiger partial charge is 0.447 e. The first-order valence-corrected chi connectivity index (χ1v) is 11.7. The minimum Gasteiger partial charge on any atom is -0.447 e. The van der Waals surface area contributed by atoms with E-state index in [1.165, 1.54) is 0 Å². The van der Waals surface area contributed by atoms with E-state index >= 15 is 0 Å². The number of alkyl carbamates (subject to hydrolysis) is 1. The third kappa shape index (κ3) is 7.84. The van der Waals surface area contributed by atoms with Crippen molar-refractivity contribution in [1.82, 2.24) is 15.3 Å². The molecule has 1 fully saturated rings. The summed E-state index contributed by atoms with van der Waals surface area (Å²) >= 11 is 1.71. The number of hydrogen-bond acceptors (Lipinski definition) is 7. The van der Waals surface area contributed by atoms with Gasteiger partial charge in [-0.15, -0.1) is 11.8 Å². The highest BCUT2D eigenvalue weighted by molar-refractivity contribution is 8.13. The van der Waals surface area contributed by atoms with Crippen molar-refractivity contribution in [2.24, 2.45) is 10.9 Å². The van der Waals surface area contributed by atoms with Gasteiger partial charge in [0.15, 0.2) is 0 Å². The number of hydrogen-bond donors (Lipinski definition) is 2. The molecule has 1 unspecified atom stereocenters. The number of carbonyl (C=O) groups is 1. The van der Waals surface area contributed by atoms with Crippen molar-refractivity contribution in [2.45, 2.75) is 84.5 Å². The Balaban J connectivity index is 1.87. The quantitative estimate of drug-likeness (QED) is 0.485. The van der Waals surface area contributed by atoms with Crippen molar-refractivity contribution in [1.29, 1.82) is 0 Å². The number of nitrogens with one attached hydrogen (secondary N) is 2. The second-order valence-electron chi connectivity index (χ2n) is 8.12. The summed E-state index contributed by atoms with van der Waals surface area (Å²) in [6, 6.07) is 0.186. The molecule has 1 atom stereocenters. The molecule has 0 spiro atoms. The van der Waals surface area contributed by atoms with Gasteiger partial charge in [0.25, 0.3) is 0 Å². The van der Waals surface area contributed by atoms with Gasteiger partial charge in [0, 0.05) is 12.0 Å². The van der Waals surface area contributed by atoms with Crippen LogP contribution >= 0.6 is 11.8 Å². The topological polar surface area (TPSA) is 88.5 Å². The summed E-state index contributed by atoms with van der Waals surface area (Å²) in [5.74, 6) is 1.54. The summed E-state index contributed by atoms with van der Waals surface area (Å²) < 4.78 is 5.18. The van der Waals surface area contributed by atoms with Gasteiger partial charge in [-0.25, -0.2) is 9.78 Å². The summed E-state index contributed by atoms with van der Waals surface area (Å²) in [4.78, 5) is 25.6. The number of anilines is 1. The predicted molar refractivity (Wildman–Crippen MR) is 121 cm³/mol. The van der Waals surface area contributed by atoms with Crippen LogP contribution in [0.15, 0.2) is 17.4 Å². The third-order valence-corrected chi connectivity index (χ3v) is 5.75. The Labute approximate surface area is 178 Å². The van der Waals surface area contributed by atoms with Crippen LogP contribution in [0.25, 0.3) is 0 Å². The average molecular weight is 422 g/mol. The second kappa shape index (κ2) is 11.4. The summed E-state index contributed by atoms with van der Waals surface area (Å²) in [6.07, 6.45) is 9.10. The Morgan fingerprint density at radius 2 is 1.83 bits per heavy atom. The van der Waals surface area contributed by atoms with E-state index in [0.717, 1.165) is 42.2 Å². The van der Waals surface area contributed by atoms with Crippen LogP contribution in [0.3, 0.4) is 0 Å². The zero-order valence-electron chi connectivity index (χ0n) is 18.4. The van der Waals surface area contributed by atoms with Gasteiger partial charge in [-0.05, 0) is 58.6 Å². The SMILES string of the molecule is CSC(=NC(C)Nc1cnc(C(C)C)cn1)C1CCC(NC(=O)OC(C)C)CC1. The van der Waals surface area contributed by atoms with Crippen LogP contribution in [0.4, 0.5) is 10.6 Å². The Kier molecular flexibility index (Phi) is 9.20. The van der Waals surface area contributed by atoms with Crippen LogP contribution in [0.5, 0.6) is 0 Å². The van der Waals surface area contributed by atoms with Crippen molar-refractivity contribution in [3.63, 3.8) is 0 Å². The van der Waals surface area contributed by atoms with E-state index in [9.17, 15) is 4.79 Å². The number of amides is 1. The molecule has 29 heavy (non-hydrogen) atoms. The summed E-state index contributed by atoms with van der Waals surface area (Å²) in [6.45, 7) is 9.95. The van der Waals surface area contributed by atoms with E-state index in [-0.39, 0.29) is 24.4 Å². The van der Waals surface area contributed by atoms with Gasteiger partial charge < -0.3 is 15.4 Å². The fourth-order valence-corrected chi connectivity index (χ4v) is 4.20. The van der Waals surface area contributed by atoms with Gasteiger partial charge in [0.2, 0.25) is 0 Å². The molecular formula is C21H35N5O2S. The molecule has 1 aliphatic carbocycles. The molecule has 1 amide bonds. The molecule has 162 valence electrons. The monoisotopic (exact) mass is 421 g/mol. The van der Waals surface area contributed by atoms with Crippen molar-refractivity contribution in [3.05, 3.63) is 18.1 Å².